The number of fused-ring (bicyclic) bond motifs is 4. The number of phenolic OH excluding ortho intramolecular Hbond substituents is 1. The lowest BCUT2D eigenvalue weighted by Crippen LogP contribution is -2.58. The molecule has 1 aliphatic heterocycles. The van der Waals surface area contributed by atoms with Crippen LogP contribution in [-0.2, 0) is 24.6 Å². The number of benzene rings is 3. The highest BCUT2D eigenvalue weighted by atomic mass is 16.5. The van der Waals surface area contributed by atoms with Gasteiger partial charge in [0.05, 0.1) is 24.4 Å². The maximum atomic E-state index is 15.0. The molecule has 7 nitrogen and oxygen atoms in total. The molecule has 1 heterocycles. The Balaban J connectivity index is 1.52. The number of aromatic hydroxyl groups is 1. The van der Waals surface area contributed by atoms with Crippen LogP contribution in [0.3, 0.4) is 0 Å². The van der Waals surface area contributed by atoms with Gasteiger partial charge in [0.25, 0.3) is 0 Å². The van der Waals surface area contributed by atoms with Gasteiger partial charge in [0.1, 0.15) is 11.5 Å². The number of carbonyl (C=O) groups is 4. The van der Waals surface area contributed by atoms with Crippen LogP contribution in [0.4, 0.5) is 0 Å². The average Bonchev–Trinajstić information content (AvgIpc) is 3.31. The summed E-state index contributed by atoms with van der Waals surface area (Å²) in [4.78, 5) is 58.8. The number of nitrogens with zero attached hydrogens (tertiary/aromatic N) is 1. The third kappa shape index (κ3) is 4.16. The second-order valence-corrected chi connectivity index (χ2v) is 12.5. The quantitative estimate of drug-likeness (QED) is 0.290. The number of rotatable bonds is 6. The maximum Gasteiger partial charge on any atom is 0.233 e. The number of ether oxygens (including phenoxy) is 1. The molecule has 228 valence electrons. The van der Waals surface area contributed by atoms with Gasteiger partial charge in [-0.05, 0) is 48.4 Å². The molecular formula is C38H35NO6. The highest BCUT2D eigenvalue weighted by Gasteiger charge is 2.66. The molecule has 1 N–H and O–H groups in total. The van der Waals surface area contributed by atoms with Gasteiger partial charge < -0.3 is 9.84 Å². The summed E-state index contributed by atoms with van der Waals surface area (Å²) in [5.41, 5.74) is 1.91. The number of Topliss-reactive ketones (excluding diaryl/α,β-unsaturated/α-hetero) is 1. The minimum atomic E-state index is -1.34. The zero-order chi connectivity index (χ0) is 31.5. The number of ketones is 2. The van der Waals surface area contributed by atoms with Gasteiger partial charge in [-0.2, -0.15) is 0 Å². The standard InChI is InChI=1S/C38H35NO6/c1-3-18-39-36(43)27-17-16-25-29(33(27)37(39)44)20-30-35(42)28(22-10-6-4-7-11-22)21-32(41)38(30,23-12-8-5-9-13-23)34(25)26-15-14-24(40)19-31(26)45-2/h4-16,19,21,27,29-30,33-34,40H,3,17-18,20H2,1-2H3/t27-,29+,30-,33-,34+,38-/m0/s1. The fourth-order valence-corrected chi connectivity index (χ4v) is 8.67. The predicted octanol–water partition coefficient (Wildman–Crippen LogP) is 5.64. The summed E-state index contributed by atoms with van der Waals surface area (Å²) in [5.74, 6) is -3.35. The van der Waals surface area contributed by atoms with Crippen molar-refractivity contribution in [2.75, 3.05) is 13.7 Å². The fourth-order valence-electron chi connectivity index (χ4n) is 8.67. The molecule has 3 aromatic rings. The van der Waals surface area contributed by atoms with Crippen LogP contribution in [0.15, 0.2) is 96.6 Å². The Kier molecular flexibility index (Phi) is 7.07. The Morgan fingerprint density at radius 3 is 2.31 bits per heavy atom. The summed E-state index contributed by atoms with van der Waals surface area (Å²) < 4.78 is 5.82. The van der Waals surface area contributed by atoms with Crippen molar-refractivity contribution in [2.45, 2.75) is 37.5 Å². The molecule has 0 spiro atoms. The number of hydrogen-bond acceptors (Lipinski definition) is 6. The maximum absolute atomic E-state index is 15.0. The zero-order valence-electron chi connectivity index (χ0n) is 25.3. The molecule has 2 fully saturated rings. The molecule has 7 heteroatoms. The molecule has 2 amide bonds. The van der Waals surface area contributed by atoms with Crippen LogP contribution in [0.5, 0.6) is 11.5 Å². The summed E-state index contributed by atoms with van der Waals surface area (Å²) >= 11 is 0. The van der Waals surface area contributed by atoms with E-state index in [4.69, 9.17) is 4.74 Å². The first kappa shape index (κ1) is 29.0. The van der Waals surface area contributed by atoms with Gasteiger partial charge >= 0.3 is 0 Å². The highest BCUT2D eigenvalue weighted by molar-refractivity contribution is 6.31. The summed E-state index contributed by atoms with van der Waals surface area (Å²) in [7, 11) is 1.51. The van der Waals surface area contributed by atoms with Gasteiger partial charge in [0.15, 0.2) is 11.6 Å². The topological polar surface area (TPSA) is 101 Å². The molecule has 0 unspecified atom stereocenters. The van der Waals surface area contributed by atoms with Crippen LogP contribution in [0.1, 0.15) is 48.8 Å². The third-order valence-electron chi connectivity index (χ3n) is 10.4. The third-order valence-corrected chi connectivity index (χ3v) is 10.4. The van der Waals surface area contributed by atoms with Crippen LogP contribution >= 0.6 is 0 Å². The van der Waals surface area contributed by atoms with Crippen LogP contribution in [0.25, 0.3) is 5.57 Å². The predicted molar refractivity (Wildman–Crippen MR) is 168 cm³/mol. The molecule has 3 aliphatic carbocycles. The zero-order valence-corrected chi connectivity index (χ0v) is 25.3. The van der Waals surface area contributed by atoms with Crippen molar-refractivity contribution in [3.8, 4) is 11.5 Å². The summed E-state index contributed by atoms with van der Waals surface area (Å²) in [6.45, 7) is 2.30. The van der Waals surface area contributed by atoms with Gasteiger partial charge in [-0.15, -0.1) is 0 Å². The monoisotopic (exact) mass is 601 g/mol. The second kappa shape index (κ2) is 11.0. The van der Waals surface area contributed by atoms with E-state index < -0.39 is 35.0 Å². The van der Waals surface area contributed by atoms with E-state index in [1.165, 1.54) is 24.2 Å². The minimum Gasteiger partial charge on any atom is -0.508 e. The van der Waals surface area contributed by atoms with Crippen LogP contribution in [0, 0.1) is 23.7 Å². The van der Waals surface area contributed by atoms with E-state index in [1.807, 2.05) is 73.7 Å². The van der Waals surface area contributed by atoms with Gasteiger partial charge in [-0.3, -0.25) is 24.1 Å². The number of phenols is 1. The van der Waals surface area contributed by atoms with E-state index >= 15 is 4.79 Å². The number of carbonyl (C=O) groups excluding carboxylic acids is 4. The number of amides is 2. The SMILES string of the molecule is CCCN1C(=O)[C@H]2[C@H](CC=C3[C@H]2C[C@H]2C(=O)C(c4ccccc4)=CC(=O)[C@@]2(c2ccccc2)[C@H]3c2ccc(O)cc2OC)C1=O. The second-order valence-electron chi connectivity index (χ2n) is 12.5. The van der Waals surface area contributed by atoms with Gasteiger partial charge in [-0.25, -0.2) is 0 Å². The Morgan fingerprint density at radius 1 is 0.911 bits per heavy atom. The minimum absolute atomic E-state index is 0.00930. The van der Waals surface area contributed by atoms with E-state index in [2.05, 4.69) is 0 Å². The Labute approximate surface area is 262 Å². The van der Waals surface area contributed by atoms with Crippen molar-refractivity contribution in [3.63, 3.8) is 0 Å². The van der Waals surface area contributed by atoms with Crippen molar-refractivity contribution in [2.24, 2.45) is 23.7 Å². The highest BCUT2D eigenvalue weighted by Crippen LogP contribution is 2.64. The van der Waals surface area contributed by atoms with E-state index in [9.17, 15) is 19.5 Å². The Morgan fingerprint density at radius 2 is 1.62 bits per heavy atom. The van der Waals surface area contributed by atoms with E-state index in [0.29, 0.717) is 47.4 Å². The molecule has 6 atom stereocenters. The molecular weight excluding hydrogens is 566 g/mol. The number of likely N-dealkylation sites (tertiary alicyclic amines) is 1. The van der Waals surface area contributed by atoms with Crippen LogP contribution in [-0.4, -0.2) is 47.0 Å². The van der Waals surface area contributed by atoms with Crippen molar-refractivity contribution in [1.82, 2.24) is 4.90 Å². The lowest BCUT2D eigenvalue weighted by molar-refractivity contribution is -0.140. The molecule has 0 aromatic heterocycles. The van der Waals surface area contributed by atoms with Gasteiger partial charge in [-0.1, -0.05) is 85.3 Å². The Bertz CT molecular complexity index is 1780. The van der Waals surface area contributed by atoms with Crippen molar-refractivity contribution >= 4 is 29.0 Å². The van der Waals surface area contributed by atoms with Crippen molar-refractivity contribution < 1.29 is 29.0 Å². The lowest BCUT2D eigenvalue weighted by atomic mass is 9.44. The van der Waals surface area contributed by atoms with Crippen LogP contribution in [0.2, 0.25) is 0 Å². The van der Waals surface area contributed by atoms with Crippen LogP contribution < -0.4 is 4.74 Å². The molecule has 7 rings (SSSR count). The molecule has 1 saturated heterocycles. The summed E-state index contributed by atoms with van der Waals surface area (Å²) in [6.07, 6.45) is 4.83. The first-order chi connectivity index (χ1) is 21.8. The molecule has 45 heavy (non-hydrogen) atoms. The molecule has 3 aromatic carbocycles. The first-order valence-corrected chi connectivity index (χ1v) is 15.7. The fraction of sp³-hybridized carbons (Fsp3) is 0.316. The number of hydrogen-bond donors (Lipinski definition) is 1. The van der Waals surface area contributed by atoms with Crippen molar-refractivity contribution in [1.29, 1.82) is 0 Å². The number of methoxy groups -OCH3 is 1. The number of allylic oxidation sites excluding steroid dienone is 4. The molecule has 0 radical (unpaired) electrons. The van der Waals surface area contributed by atoms with Gasteiger partial charge in [0, 0.05) is 35.6 Å². The molecule has 4 aliphatic rings. The molecule has 0 bridgehead atoms. The largest absolute Gasteiger partial charge is 0.508 e. The van der Waals surface area contributed by atoms with E-state index in [0.717, 1.165) is 5.57 Å². The first-order valence-electron chi connectivity index (χ1n) is 15.7. The smallest absolute Gasteiger partial charge is 0.233 e. The van der Waals surface area contributed by atoms with E-state index in [-0.39, 0.29) is 35.6 Å². The number of imide groups is 1. The average molecular weight is 602 g/mol. The Hall–Kier alpha value is -4.78. The van der Waals surface area contributed by atoms with Crippen molar-refractivity contribution in [3.05, 3.63) is 113 Å². The normalized spacial score (nSPS) is 29.0. The van der Waals surface area contributed by atoms with Gasteiger partial charge in [0.2, 0.25) is 11.8 Å². The summed E-state index contributed by atoms with van der Waals surface area (Å²) in [6, 6.07) is 23.5. The van der Waals surface area contributed by atoms with E-state index in [1.54, 1.807) is 12.1 Å². The molecule has 1 saturated carbocycles. The lowest BCUT2D eigenvalue weighted by Gasteiger charge is -2.55. The summed E-state index contributed by atoms with van der Waals surface area (Å²) in [5, 5.41) is 10.4.